The van der Waals surface area contributed by atoms with E-state index in [1.54, 1.807) is 6.07 Å². The number of nitrogens with zero attached hydrogens (tertiary/aromatic N) is 3. The van der Waals surface area contributed by atoms with Crippen molar-refractivity contribution in [1.82, 2.24) is 9.80 Å². The maximum atomic E-state index is 13.3. The molecular formula is C26H34F3N3O3S. The van der Waals surface area contributed by atoms with E-state index in [1.807, 2.05) is 36.1 Å². The van der Waals surface area contributed by atoms with Crippen molar-refractivity contribution in [2.24, 2.45) is 0 Å². The lowest BCUT2D eigenvalue weighted by atomic mass is 10.1. The van der Waals surface area contributed by atoms with Gasteiger partial charge in [0.15, 0.2) is 0 Å². The van der Waals surface area contributed by atoms with Crippen LogP contribution in [0.25, 0.3) is 0 Å². The molecule has 0 saturated carbocycles. The second-order valence-corrected chi connectivity index (χ2v) is 9.89. The number of hydrogen-bond donors (Lipinski definition) is 2. The SMILES string of the molecule is CCCC(=O)O.OCCN1CCN(CCCN2c3ccccc3Sc3ccc(C(F)(F)F)cc32)CC1. The monoisotopic (exact) mass is 525 g/mol. The van der Waals surface area contributed by atoms with Gasteiger partial charge in [-0.1, -0.05) is 30.8 Å². The molecule has 0 unspecified atom stereocenters. The standard InChI is InChI=1S/C22H26F3N3OS.C4H8O2/c23-22(24,25)17-6-7-21-19(16-17)28(18-4-1-2-5-20(18)30-21)9-3-8-26-10-12-27(13-11-26)14-15-29;1-2-3-4(5)6/h1-2,4-7,16,29H,3,8-15H2;2-3H2,1H3,(H,5,6). The molecule has 2 aromatic carbocycles. The summed E-state index contributed by atoms with van der Waals surface area (Å²) in [5.41, 5.74) is 1.01. The molecule has 2 aromatic rings. The summed E-state index contributed by atoms with van der Waals surface area (Å²) < 4.78 is 39.9. The van der Waals surface area contributed by atoms with Crippen LogP contribution in [0.1, 0.15) is 31.7 Å². The molecule has 0 amide bonds. The van der Waals surface area contributed by atoms with Crippen molar-refractivity contribution in [3.8, 4) is 0 Å². The number of β-amino-alcohol motifs (C(OH)–C–C–N with tert-alkyl or cyclic N) is 1. The van der Waals surface area contributed by atoms with Crippen LogP contribution >= 0.6 is 11.8 Å². The summed E-state index contributed by atoms with van der Waals surface area (Å²) in [7, 11) is 0. The number of anilines is 2. The summed E-state index contributed by atoms with van der Waals surface area (Å²) in [6, 6.07) is 11.9. The molecule has 6 nitrogen and oxygen atoms in total. The number of fused-ring (bicyclic) bond motifs is 2. The molecule has 1 saturated heterocycles. The first-order chi connectivity index (χ1) is 17.2. The van der Waals surface area contributed by atoms with Gasteiger partial charge in [0.05, 0.1) is 23.5 Å². The number of carbonyl (C=O) groups is 1. The lowest BCUT2D eigenvalue weighted by Gasteiger charge is -2.36. The van der Waals surface area contributed by atoms with Crippen molar-refractivity contribution in [3.05, 3.63) is 48.0 Å². The lowest BCUT2D eigenvalue weighted by molar-refractivity contribution is -0.138. The van der Waals surface area contributed by atoms with Gasteiger partial charge in [0.25, 0.3) is 0 Å². The summed E-state index contributed by atoms with van der Waals surface area (Å²) in [6.07, 6.45) is -2.46. The third kappa shape index (κ3) is 7.86. The molecule has 0 atom stereocenters. The average molecular weight is 526 g/mol. The highest BCUT2D eigenvalue weighted by molar-refractivity contribution is 7.99. The molecule has 1 fully saturated rings. The van der Waals surface area contributed by atoms with Gasteiger partial charge < -0.3 is 20.0 Å². The molecule has 198 valence electrons. The first-order valence-electron chi connectivity index (χ1n) is 12.3. The number of aliphatic hydroxyl groups excluding tert-OH is 1. The number of halogens is 3. The second kappa shape index (κ2) is 13.3. The molecule has 0 aromatic heterocycles. The van der Waals surface area contributed by atoms with E-state index >= 15 is 0 Å². The molecule has 0 radical (unpaired) electrons. The Balaban J connectivity index is 0.000000538. The van der Waals surface area contributed by atoms with Gasteiger partial charge in [-0.15, -0.1) is 0 Å². The van der Waals surface area contributed by atoms with E-state index in [0.717, 1.165) is 61.0 Å². The first kappa shape index (κ1) is 28.3. The first-order valence-corrected chi connectivity index (χ1v) is 13.1. The fourth-order valence-electron chi connectivity index (χ4n) is 4.29. The lowest BCUT2D eigenvalue weighted by Crippen LogP contribution is -2.47. The third-order valence-electron chi connectivity index (χ3n) is 6.15. The molecule has 4 rings (SSSR count). The van der Waals surface area contributed by atoms with Gasteiger partial charge in [-0.05, 0) is 49.7 Å². The Morgan fingerprint density at radius 2 is 1.58 bits per heavy atom. The molecular weight excluding hydrogens is 491 g/mol. The number of rotatable bonds is 8. The number of hydrogen-bond acceptors (Lipinski definition) is 6. The molecule has 2 aliphatic heterocycles. The second-order valence-electron chi connectivity index (χ2n) is 8.81. The quantitative estimate of drug-likeness (QED) is 0.492. The fraction of sp³-hybridized carbons (Fsp3) is 0.500. The number of aliphatic carboxylic acids is 1. The van der Waals surface area contributed by atoms with Crippen LogP contribution in [0.15, 0.2) is 52.3 Å². The largest absolute Gasteiger partial charge is 0.481 e. The van der Waals surface area contributed by atoms with Crippen molar-refractivity contribution in [1.29, 1.82) is 0 Å². The highest BCUT2D eigenvalue weighted by Gasteiger charge is 2.33. The smallest absolute Gasteiger partial charge is 0.416 e. The van der Waals surface area contributed by atoms with Crippen LogP contribution in [-0.4, -0.2) is 78.4 Å². The zero-order valence-corrected chi connectivity index (χ0v) is 21.3. The van der Waals surface area contributed by atoms with Gasteiger partial charge in [0.2, 0.25) is 0 Å². The van der Waals surface area contributed by atoms with Crippen LogP contribution in [0.2, 0.25) is 0 Å². The molecule has 0 bridgehead atoms. The normalized spacial score (nSPS) is 16.1. The van der Waals surface area contributed by atoms with Crippen molar-refractivity contribution < 1.29 is 28.2 Å². The Kier molecular flexibility index (Phi) is 10.5. The highest BCUT2D eigenvalue weighted by Crippen LogP contribution is 2.49. The molecule has 10 heteroatoms. The number of carboxylic acids is 1. The predicted molar refractivity (Wildman–Crippen MR) is 136 cm³/mol. The molecule has 2 heterocycles. The van der Waals surface area contributed by atoms with E-state index in [9.17, 15) is 18.0 Å². The Hall–Kier alpha value is -2.27. The Morgan fingerprint density at radius 3 is 2.17 bits per heavy atom. The third-order valence-corrected chi connectivity index (χ3v) is 7.28. The van der Waals surface area contributed by atoms with E-state index in [1.165, 1.54) is 23.9 Å². The van der Waals surface area contributed by atoms with Crippen LogP contribution in [0.3, 0.4) is 0 Å². The van der Waals surface area contributed by atoms with E-state index in [2.05, 4.69) is 9.80 Å². The summed E-state index contributed by atoms with van der Waals surface area (Å²) in [5, 5.41) is 17.0. The van der Waals surface area contributed by atoms with Gasteiger partial charge in [-0.25, -0.2) is 0 Å². The van der Waals surface area contributed by atoms with Crippen LogP contribution in [0, 0.1) is 0 Å². The van der Waals surface area contributed by atoms with E-state index in [4.69, 9.17) is 10.2 Å². The average Bonchev–Trinajstić information content (AvgIpc) is 2.84. The van der Waals surface area contributed by atoms with Crippen LogP contribution in [0.4, 0.5) is 24.5 Å². The van der Waals surface area contributed by atoms with Gasteiger partial charge in [-0.3, -0.25) is 9.69 Å². The predicted octanol–water partition coefficient (Wildman–Crippen LogP) is 5.18. The Morgan fingerprint density at radius 1 is 0.944 bits per heavy atom. The minimum atomic E-state index is -4.35. The molecule has 36 heavy (non-hydrogen) atoms. The number of carboxylic acid groups (broad SMARTS) is 1. The van der Waals surface area contributed by atoms with E-state index in [0.29, 0.717) is 25.2 Å². The molecule has 2 aliphatic rings. The number of para-hydroxylation sites is 1. The van der Waals surface area contributed by atoms with E-state index < -0.39 is 17.7 Å². The van der Waals surface area contributed by atoms with Crippen molar-refractivity contribution in [3.63, 3.8) is 0 Å². The summed E-state index contributed by atoms with van der Waals surface area (Å²) in [5.74, 6) is -0.711. The molecule has 0 aliphatic carbocycles. The van der Waals surface area contributed by atoms with Crippen LogP contribution in [0.5, 0.6) is 0 Å². The van der Waals surface area contributed by atoms with Gasteiger partial charge in [-0.2, -0.15) is 13.2 Å². The zero-order valence-electron chi connectivity index (χ0n) is 20.5. The molecule has 0 spiro atoms. The number of piperazine rings is 1. The summed E-state index contributed by atoms with van der Waals surface area (Å²) >= 11 is 1.53. The summed E-state index contributed by atoms with van der Waals surface area (Å²) in [6.45, 7) is 8.13. The Labute approximate surface area is 214 Å². The number of benzene rings is 2. The minimum Gasteiger partial charge on any atom is -0.481 e. The maximum absolute atomic E-state index is 13.3. The highest BCUT2D eigenvalue weighted by atomic mass is 32.2. The van der Waals surface area contributed by atoms with Crippen LogP contribution < -0.4 is 4.90 Å². The Bertz CT molecular complexity index is 998. The van der Waals surface area contributed by atoms with Crippen molar-refractivity contribution >= 4 is 29.1 Å². The number of alkyl halides is 3. The topological polar surface area (TPSA) is 67.2 Å². The number of aliphatic hydroxyl groups is 1. The van der Waals surface area contributed by atoms with Crippen LogP contribution in [-0.2, 0) is 11.0 Å². The van der Waals surface area contributed by atoms with Gasteiger partial charge >= 0.3 is 12.1 Å². The van der Waals surface area contributed by atoms with Gasteiger partial charge in [0, 0.05) is 55.5 Å². The minimum absolute atomic E-state index is 0.186. The summed E-state index contributed by atoms with van der Waals surface area (Å²) in [4.78, 5) is 18.2. The van der Waals surface area contributed by atoms with Crippen molar-refractivity contribution in [2.75, 3.05) is 57.3 Å². The fourth-order valence-corrected chi connectivity index (χ4v) is 5.37. The zero-order chi connectivity index (χ0) is 26.1. The van der Waals surface area contributed by atoms with Crippen molar-refractivity contribution in [2.45, 2.75) is 42.2 Å². The maximum Gasteiger partial charge on any atom is 0.416 e. The van der Waals surface area contributed by atoms with E-state index in [-0.39, 0.29) is 6.61 Å². The molecule has 2 N–H and O–H groups in total. The van der Waals surface area contributed by atoms with Gasteiger partial charge in [0.1, 0.15) is 0 Å².